The highest BCUT2D eigenvalue weighted by atomic mass is 32.1. The van der Waals surface area contributed by atoms with Gasteiger partial charge in [0.15, 0.2) is 0 Å². The predicted molar refractivity (Wildman–Crippen MR) is 81.0 cm³/mol. The lowest BCUT2D eigenvalue weighted by atomic mass is 10.2. The molecule has 0 radical (unpaired) electrons. The third-order valence-corrected chi connectivity index (χ3v) is 2.70. The normalized spacial score (nSPS) is 9.74. The van der Waals surface area contributed by atoms with Gasteiger partial charge < -0.3 is 10.7 Å². The van der Waals surface area contributed by atoms with E-state index in [4.69, 9.17) is 5.73 Å². The molecule has 0 amide bonds. The quantitative estimate of drug-likeness (QED) is 0.667. The van der Waals surface area contributed by atoms with Gasteiger partial charge >= 0.3 is 0 Å². The van der Waals surface area contributed by atoms with Gasteiger partial charge in [-0.3, -0.25) is 4.98 Å². The van der Waals surface area contributed by atoms with Crippen LogP contribution in [0.1, 0.15) is 11.5 Å². The van der Waals surface area contributed by atoms with Gasteiger partial charge in [0.05, 0.1) is 17.4 Å². The molecule has 1 aromatic carbocycles. The molecule has 0 atom stereocenters. The Morgan fingerprint density at radius 1 is 1.16 bits per heavy atom. The highest BCUT2D eigenvalue weighted by molar-refractivity contribution is 7.80. The van der Waals surface area contributed by atoms with Crippen molar-refractivity contribution in [3.63, 3.8) is 0 Å². The molecule has 4 nitrogen and oxygen atoms in total. The topological polar surface area (TPSA) is 67.6 Å². The van der Waals surface area contributed by atoms with E-state index in [-0.39, 0.29) is 0 Å². The summed E-state index contributed by atoms with van der Waals surface area (Å²) in [6.45, 7) is 1.85. The highest BCUT2D eigenvalue weighted by Crippen LogP contribution is 2.07. The molecule has 0 aliphatic rings. The van der Waals surface area contributed by atoms with Crippen molar-refractivity contribution in [3.05, 3.63) is 60.3 Å². The number of aromatic nitrogens is 3. The molecular weight excluding hydrogens is 256 g/mol. The van der Waals surface area contributed by atoms with Gasteiger partial charge in [-0.2, -0.15) is 0 Å². The third kappa shape index (κ3) is 3.59. The second-order valence-electron chi connectivity index (χ2n) is 3.94. The van der Waals surface area contributed by atoms with Crippen LogP contribution in [0.25, 0.3) is 10.9 Å². The summed E-state index contributed by atoms with van der Waals surface area (Å²) in [5, 5.41) is 1.20. The van der Waals surface area contributed by atoms with E-state index < -0.39 is 0 Å². The number of imidazole rings is 1. The number of hydrogen-bond donors (Lipinski definition) is 2. The van der Waals surface area contributed by atoms with Gasteiger partial charge in [0, 0.05) is 11.6 Å². The molecule has 3 N–H and O–H groups in total. The standard InChI is InChI=1S/C9H7N.C5H7N3S/c1-2-6-9-8(4-1)5-3-7-10-9;1-3-7-2-4(8-3)5(6)9/h1-7H;2H,1H3,(H2,6,9)(H,7,8). The number of aryl methyl sites for hydroxylation is 1. The van der Waals surface area contributed by atoms with Crippen molar-refractivity contribution in [2.75, 3.05) is 0 Å². The Labute approximate surface area is 116 Å². The number of nitrogens with two attached hydrogens (primary N) is 1. The molecule has 0 spiro atoms. The highest BCUT2D eigenvalue weighted by Gasteiger charge is 1.96. The fourth-order valence-corrected chi connectivity index (χ4v) is 1.67. The monoisotopic (exact) mass is 270 g/mol. The second kappa shape index (κ2) is 6.06. The Morgan fingerprint density at radius 3 is 2.47 bits per heavy atom. The lowest BCUT2D eigenvalue weighted by Crippen LogP contribution is -2.09. The van der Waals surface area contributed by atoms with Gasteiger partial charge in [0.1, 0.15) is 10.8 Å². The number of para-hydroxylation sites is 1. The van der Waals surface area contributed by atoms with Crippen molar-refractivity contribution in [1.29, 1.82) is 0 Å². The molecule has 2 aromatic heterocycles. The smallest absolute Gasteiger partial charge is 0.122 e. The zero-order chi connectivity index (χ0) is 13.7. The molecule has 2 heterocycles. The summed E-state index contributed by atoms with van der Waals surface area (Å²) < 4.78 is 0. The Hall–Kier alpha value is -2.27. The number of H-pyrrole nitrogens is 1. The molecule has 0 saturated heterocycles. The minimum atomic E-state index is 0.357. The Kier molecular flexibility index (Phi) is 4.20. The molecule has 0 unspecified atom stereocenters. The van der Waals surface area contributed by atoms with Crippen LogP contribution in [0, 0.1) is 6.92 Å². The number of nitrogens with zero attached hydrogens (tertiary/aromatic N) is 2. The lowest BCUT2D eigenvalue weighted by molar-refractivity contribution is 1.15. The van der Waals surface area contributed by atoms with E-state index in [1.165, 1.54) is 5.39 Å². The first-order chi connectivity index (χ1) is 9.16. The average molecular weight is 270 g/mol. The predicted octanol–water partition coefficient (Wildman–Crippen LogP) is 2.59. The second-order valence-corrected chi connectivity index (χ2v) is 4.38. The fourth-order valence-electron chi connectivity index (χ4n) is 1.56. The minimum absolute atomic E-state index is 0.357. The van der Waals surface area contributed by atoms with Crippen molar-refractivity contribution < 1.29 is 0 Å². The van der Waals surface area contributed by atoms with Crippen LogP contribution in [0.3, 0.4) is 0 Å². The lowest BCUT2D eigenvalue weighted by Gasteiger charge is -1.91. The van der Waals surface area contributed by atoms with Crippen LogP contribution >= 0.6 is 12.2 Å². The van der Waals surface area contributed by atoms with Crippen LogP contribution in [0.5, 0.6) is 0 Å². The molecule has 3 aromatic rings. The van der Waals surface area contributed by atoms with Crippen molar-refractivity contribution in [2.45, 2.75) is 6.92 Å². The summed E-state index contributed by atoms with van der Waals surface area (Å²) in [4.78, 5) is 11.4. The summed E-state index contributed by atoms with van der Waals surface area (Å²) in [6, 6.07) is 12.1. The van der Waals surface area contributed by atoms with E-state index in [1.807, 2.05) is 37.4 Å². The number of fused-ring (bicyclic) bond motifs is 1. The van der Waals surface area contributed by atoms with E-state index in [1.54, 1.807) is 6.20 Å². The Bertz CT molecular complexity index is 625. The minimum Gasteiger partial charge on any atom is -0.388 e. The van der Waals surface area contributed by atoms with E-state index in [0.29, 0.717) is 4.99 Å². The first-order valence-corrected chi connectivity index (χ1v) is 6.19. The van der Waals surface area contributed by atoms with Gasteiger partial charge in [0.25, 0.3) is 0 Å². The summed E-state index contributed by atoms with van der Waals surface area (Å²) in [5.74, 6) is 0.831. The van der Waals surface area contributed by atoms with Crippen LogP contribution in [0.2, 0.25) is 0 Å². The largest absolute Gasteiger partial charge is 0.388 e. The molecule has 0 aliphatic heterocycles. The summed E-state index contributed by atoms with van der Waals surface area (Å²) >= 11 is 4.68. The summed E-state index contributed by atoms with van der Waals surface area (Å²) in [7, 11) is 0. The number of thiocarbonyl (C=S) groups is 1. The van der Waals surface area contributed by atoms with Gasteiger partial charge in [-0.25, -0.2) is 4.98 Å². The van der Waals surface area contributed by atoms with Crippen LogP contribution < -0.4 is 5.73 Å². The first kappa shape index (κ1) is 13.2. The average Bonchev–Trinajstić information content (AvgIpc) is 2.87. The molecule has 0 fully saturated rings. The van der Waals surface area contributed by atoms with Crippen LogP contribution in [-0.4, -0.2) is 19.9 Å². The van der Waals surface area contributed by atoms with E-state index >= 15 is 0 Å². The number of hydrogen-bond acceptors (Lipinski definition) is 3. The number of rotatable bonds is 1. The van der Waals surface area contributed by atoms with E-state index in [0.717, 1.165) is 17.0 Å². The van der Waals surface area contributed by atoms with Gasteiger partial charge in [-0.05, 0) is 19.1 Å². The number of nitrogens with one attached hydrogen (secondary N) is 1. The van der Waals surface area contributed by atoms with Gasteiger partial charge in [-0.1, -0.05) is 36.5 Å². The maximum Gasteiger partial charge on any atom is 0.122 e. The van der Waals surface area contributed by atoms with Crippen LogP contribution in [0.15, 0.2) is 48.8 Å². The number of aromatic amines is 1. The van der Waals surface area contributed by atoms with Crippen molar-refractivity contribution in [1.82, 2.24) is 15.0 Å². The van der Waals surface area contributed by atoms with Gasteiger partial charge in [-0.15, -0.1) is 0 Å². The fraction of sp³-hybridized carbons (Fsp3) is 0.0714. The third-order valence-electron chi connectivity index (χ3n) is 2.48. The molecule has 0 saturated carbocycles. The first-order valence-electron chi connectivity index (χ1n) is 5.78. The number of pyridine rings is 1. The molecule has 0 bridgehead atoms. The van der Waals surface area contributed by atoms with Crippen LogP contribution in [-0.2, 0) is 0 Å². The molecular formula is C14H14N4S. The van der Waals surface area contributed by atoms with Crippen molar-refractivity contribution in [3.8, 4) is 0 Å². The van der Waals surface area contributed by atoms with Crippen LogP contribution in [0.4, 0.5) is 0 Å². The maximum absolute atomic E-state index is 5.29. The van der Waals surface area contributed by atoms with Gasteiger partial charge in [0.2, 0.25) is 0 Å². The zero-order valence-corrected chi connectivity index (χ0v) is 11.3. The molecule has 0 aliphatic carbocycles. The SMILES string of the molecule is Cc1ncc(C(N)=S)[nH]1.c1ccc2ncccc2c1. The maximum atomic E-state index is 5.29. The number of benzene rings is 1. The summed E-state index contributed by atoms with van der Waals surface area (Å²) in [5.41, 5.74) is 7.07. The van der Waals surface area contributed by atoms with Crippen molar-refractivity contribution >= 4 is 28.1 Å². The molecule has 3 rings (SSSR count). The molecule has 96 valence electrons. The Balaban J connectivity index is 0.000000141. The summed E-state index contributed by atoms with van der Waals surface area (Å²) in [6.07, 6.45) is 3.43. The molecule has 19 heavy (non-hydrogen) atoms. The Morgan fingerprint density at radius 2 is 1.89 bits per heavy atom. The van der Waals surface area contributed by atoms with E-state index in [9.17, 15) is 0 Å². The molecule has 5 heteroatoms. The zero-order valence-electron chi connectivity index (χ0n) is 10.5. The van der Waals surface area contributed by atoms with E-state index in [2.05, 4.69) is 39.3 Å². The van der Waals surface area contributed by atoms with Crippen molar-refractivity contribution in [2.24, 2.45) is 5.73 Å².